The van der Waals surface area contributed by atoms with Gasteiger partial charge in [0.05, 0.1) is 24.5 Å². The molecule has 1 atom stereocenters. The zero-order valence-electron chi connectivity index (χ0n) is 16.5. The Bertz CT molecular complexity index is 1100. The molecule has 1 amide bonds. The van der Waals surface area contributed by atoms with Crippen LogP contribution in [0.1, 0.15) is 25.0 Å². The first-order valence-corrected chi connectivity index (χ1v) is 9.10. The lowest BCUT2D eigenvalue weighted by Crippen LogP contribution is -2.33. The lowest BCUT2D eigenvalue weighted by Gasteiger charge is -2.14. The average Bonchev–Trinajstić information content (AvgIpc) is 2.76. The lowest BCUT2D eigenvalue weighted by molar-refractivity contribution is -0.127. The second-order valence-corrected chi connectivity index (χ2v) is 6.43. The van der Waals surface area contributed by atoms with Crippen LogP contribution >= 0.6 is 0 Å². The Balaban J connectivity index is 1.73. The Labute approximate surface area is 169 Å². The number of fused-ring (bicyclic) bond motifs is 1. The number of benzene rings is 3. The van der Waals surface area contributed by atoms with Gasteiger partial charge in [-0.05, 0) is 55.6 Å². The maximum absolute atomic E-state index is 12.4. The third kappa shape index (κ3) is 4.53. The minimum atomic E-state index is -0.743. The molecule has 0 fully saturated rings. The van der Waals surface area contributed by atoms with E-state index in [1.165, 1.54) is 0 Å². The highest BCUT2D eigenvalue weighted by Gasteiger charge is 2.15. The van der Waals surface area contributed by atoms with Crippen LogP contribution in [0.4, 0.5) is 0 Å². The molecule has 3 aromatic rings. The van der Waals surface area contributed by atoms with Crippen molar-refractivity contribution in [3.05, 3.63) is 71.8 Å². The van der Waals surface area contributed by atoms with E-state index in [1.807, 2.05) is 49.4 Å². The second kappa shape index (κ2) is 8.89. The molecule has 0 saturated heterocycles. The fourth-order valence-corrected chi connectivity index (χ4v) is 2.92. The molecule has 0 bridgehead atoms. The molecule has 0 unspecified atom stereocenters. The summed E-state index contributed by atoms with van der Waals surface area (Å²) in [7, 11) is 1.64. The zero-order chi connectivity index (χ0) is 20.8. The molecule has 146 valence electrons. The van der Waals surface area contributed by atoms with E-state index in [-0.39, 0.29) is 5.91 Å². The molecule has 29 heavy (non-hydrogen) atoms. The summed E-state index contributed by atoms with van der Waals surface area (Å²) in [4.78, 5) is 12.4. The van der Waals surface area contributed by atoms with Crippen LogP contribution in [-0.2, 0) is 4.79 Å². The number of hydrogen-bond acceptors (Lipinski definition) is 5. The molecule has 0 saturated carbocycles. The predicted molar refractivity (Wildman–Crippen MR) is 112 cm³/mol. The van der Waals surface area contributed by atoms with E-state index in [0.29, 0.717) is 17.0 Å². The first-order valence-electron chi connectivity index (χ1n) is 9.10. The van der Waals surface area contributed by atoms with Gasteiger partial charge in [0, 0.05) is 10.9 Å². The van der Waals surface area contributed by atoms with Crippen LogP contribution in [0, 0.1) is 11.3 Å². The van der Waals surface area contributed by atoms with Crippen molar-refractivity contribution in [2.45, 2.75) is 20.0 Å². The van der Waals surface area contributed by atoms with Gasteiger partial charge >= 0.3 is 0 Å². The van der Waals surface area contributed by atoms with E-state index in [0.717, 1.165) is 22.1 Å². The van der Waals surface area contributed by atoms with Gasteiger partial charge in [0.25, 0.3) is 5.91 Å². The Morgan fingerprint density at radius 3 is 2.41 bits per heavy atom. The number of hydrazone groups is 1. The molecule has 0 aliphatic heterocycles. The summed E-state index contributed by atoms with van der Waals surface area (Å²) in [6.45, 7) is 3.47. The molecule has 6 heteroatoms. The Kier molecular flexibility index (Phi) is 6.10. The Morgan fingerprint density at radius 2 is 1.76 bits per heavy atom. The number of hydrogen-bond donors (Lipinski definition) is 1. The average molecular weight is 387 g/mol. The van der Waals surface area contributed by atoms with Crippen LogP contribution < -0.4 is 14.9 Å². The number of ether oxygens (including phenoxy) is 2. The maximum Gasteiger partial charge on any atom is 0.280 e. The van der Waals surface area contributed by atoms with Gasteiger partial charge < -0.3 is 9.47 Å². The fourth-order valence-electron chi connectivity index (χ4n) is 2.92. The van der Waals surface area contributed by atoms with Gasteiger partial charge in [-0.1, -0.05) is 24.3 Å². The molecule has 0 radical (unpaired) electrons. The Hall–Kier alpha value is -3.85. The number of methoxy groups -OCH3 is 1. The molecular formula is C23H21N3O3. The van der Waals surface area contributed by atoms with E-state index in [4.69, 9.17) is 14.7 Å². The first kappa shape index (κ1) is 19.9. The van der Waals surface area contributed by atoms with Crippen LogP contribution in [0.3, 0.4) is 0 Å². The largest absolute Gasteiger partial charge is 0.496 e. The number of nitrogens with zero attached hydrogens (tertiary/aromatic N) is 2. The van der Waals surface area contributed by atoms with Gasteiger partial charge in [-0.25, -0.2) is 5.43 Å². The Morgan fingerprint density at radius 1 is 1.07 bits per heavy atom. The molecule has 1 N–H and O–H groups in total. The van der Waals surface area contributed by atoms with E-state index < -0.39 is 6.10 Å². The van der Waals surface area contributed by atoms with Gasteiger partial charge in [0.15, 0.2) is 6.10 Å². The highest BCUT2D eigenvalue weighted by atomic mass is 16.5. The van der Waals surface area contributed by atoms with Crippen molar-refractivity contribution in [1.29, 1.82) is 5.26 Å². The van der Waals surface area contributed by atoms with E-state index in [1.54, 1.807) is 38.3 Å². The fraction of sp³-hybridized carbons (Fsp3) is 0.174. The minimum Gasteiger partial charge on any atom is -0.496 e. The van der Waals surface area contributed by atoms with Gasteiger partial charge in [-0.2, -0.15) is 10.4 Å². The predicted octanol–water partition coefficient (Wildman–Crippen LogP) is 4.03. The zero-order valence-corrected chi connectivity index (χ0v) is 16.5. The third-order valence-corrected chi connectivity index (χ3v) is 4.49. The number of nitrogens with one attached hydrogen (secondary N) is 1. The van der Waals surface area contributed by atoms with Crippen molar-refractivity contribution in [3.8, 4) is 17.6 Å². The highest BCUT2D eigenvalue weighted by molar-refractivity contribution is 6.11. The molecule has 3 rings (SSSR count). The van der Waals surface area contributed by atoms with Crippen LogP contribution in [0.5, 0.6) is 11.5 Å². The van der Waals surface area contributed by atoms with Gasteiger partial charge in [0.1, 0.15) is 11.5 Å². The van der Waals surface area contributed by atoms with Crippen molar-refractivity contribution in [3.63, 3.8) is 0 Å². The summed E-state index contributed by atoms with van der Waals surface area (Å²) < 4.78 is 11.0. The van der Waals surface area contributed by atoms with Crippen LogP contribution in [0.25, 0.3) is 10.8 Å². The number of rotatable bonds is 6. The van der Waals surface area contributed by atoms with Crippen molar-refractivity contribution < 1.29 is 14.3 Å². The lowest BCUT2D eigenvalue weighted by atomic mass is 10.0. The van der Waals surface area contributed by atoms with E-state index >= 15 is 0 Å². The topological polar surface area (TPSA) is 83.7 Å². The van der Waals surface area contributed by atoms with Crippen molar-refractivity contribution in [1.82, 2.24) is 5.43 Å². The molecule has 0 heterocycles. The highest BCUT2D eigenvalue weighted by Crippen LogP contribution is 2.28. The summed E-state index contributed by atoms with van der Waals surface area (Å²) in [5, 5.41) is 15.0. The summed E-state index contributed by atoms with van der Waals surface area (Å²) in [6, 6.07) is 20.3. The van der Waals surface area contributed by atoms with Crippen molar-refractivity contribution >= 4 is 22.4 Å². The molecule has 0 spiro atoms. The minimum absolute atomic E-state index is 0.369. The second-order valence-electron chi connectivity index (χ2n) is 6.43. The van der Waals surface area contributed by atoms with E-state index in [9.17, 15) is 4.79 Å². The number of amides is 1. The quantitative estimate of drug-likeness (QED) is 0.511. The molecule has 0 aromatic heterocycles. The summed E-state index contributed by atoms with van der Waals surface area (Å²) in [5.41, 5.74) is 4.66. The maximum atomic E-state index is 12.4. The third-order valence-electron chi connectivity index (χ3n) is 4.49. The van der Waals surface area contributed by atoms with Gasteiger partial charge in [-0.3, -0.25) is 4.79 Å². The summed E-state index contributed by atoms with van der Waals surface area (Å²) >= 11 is 0. The van der Waals surface area contributed by atoms with E-state index in [2.05, 4.69) is 10.5 Å². The number of carbonyl (C=O) groups excluding carboxylic acids is 1. The normalized spacial score (nSPS) is 12.1. The van der Waals surface area contributed by atoms with Crippen LogP contribution in [0.2, 0.25) is 0 Å². The van der Waals surface area contributed by atoms with Gasteiger partial charge in [-0.15, -0.1) is 0 Å². The SMILES string of the molecule is COc1ccc(/C(C)=N\NC(=O)[C@@H](C)Oc2ccc(C#N)cc2)c2ccccc12. The first-order chi connectivity index (χ1) is 14.0. The van der Waals surface area contributed by atoms with Crippen LogP contribution in [0.15, 0.2) is 65.8 Å². The standard InChI is InChI=1S/C23H21N3O3/c1-15(19-12-13-22(28-3)21-7-5-4-6-20(19)21)25-26-23(27)16(2)29-18-10-8-17(14-24)9-11-18/h4-13,16H,1-3H3,(H,26,27)/b25-15-/t16-/m1/s1. The molecular weight excluding hydrogens is 366 g/mol. The number of nitriles is 1. The molecule has 3 aromatic carbocycles. The molecule has 6 nitrogen and oxygen atoms in total. The smallest absolute Gasteiger partial charge is 0.280 e. The van der Waals surface area contributed by atoms with Gasteiger partial charge in [0.2, 0.25) is 0 Å². The van der Waals surface area contributed by atoms with Crippen LogP contribution in [-0.4, -0.2) is 24.8 Å². The van der Waals surface area contributed by atoms with Crippen molar-refractivity contribution in [2.75, 3.05) is 7.11 Å². The molecule has 0 aliphatic carbocycles. The molecule has 0 aliphatic rings. The van der Waals surface area contributed by atoms with Crippen molar-refractivity contribution in [2.24, 2.45) is 5.10 Å². The summed E-state index contributed by atoms with van der Waals surface area (Å²) in [6.07, 6.45) is -0.743. The monoisotopic (exact) mass is 387 g/mol. The number of carbonyl (C=O) groups is 1. The summed E-state index contributed by atoms with van der Waals surface area (Å²) in [5.74, 6) is 0.922.